The van der Waals surface area contributed by atoms with E-state index in [0.29, 0.717) is 6.54 Å². The van der Waals surface area contributed by atoms with Gasteiger partial charge in [0.15, 0.2) is 0 Å². The fraction of sp³-hybridized carbons (Fsp3) is 0.308. The summed E-state index contributed by atoms with van der Waals surface area (Å²) < 4.78 is 0. The minimum atomic E-state index is 0.160. The fourth-order valence-corrected chi connectivity index (χ4v) is 2.43. The number of nitrogens with one attached hydrogen (secondary N) is 1. The minimum Gasteiger partial charge on any atom is -0.349 e. The smallest absolute Gasteiger partial charge is 0.223 e. The van der Waals surface area contributed by atoms with Crippen molar-refractivity contribution < 1.29 is 4.79 Å². The molecule has 18 heavy (non-hydrogen) atoms. The van der Waals surface area contributed by atoms with Crippen LogP contribution >= 0.6 is 11.3 Å². The van der Waals surface area contributed by atoms with Gasteiger partial charge in [-0.25, -0.2) is 4.98 Å². The van der Waals surface area contributed by atoms with Gasteiger partial charge in [-0.05, 0) is 25.0 Å². The van der Waals surface area contributed by atoms with E-state index >= 15 is 0 Å². The highest BCUT2D eigenvalue weighted by Gasteiger charge is 2.29. The second-order valence-corrected chi connectivity index (χ2v) is 5.30. The van der Waals surface area contributed by atoms with Gasteiger partial charge in [-0.15, -0.1) is 11.3 Å². The number of rotatable bonds is 4. The van der Waals surface area contributed by atoms with Gasteiger partial charge in [-0.2, -0.15) is 0 Å². The lowest BCUT2D eigenvalue weighted by atomic mass is 10.2. The molecule has 1 N–H and O–H groups in total. The lowest BCUT2D eigenvalue weighted by molar-refractivity contribution is -0.122. The van der Waals surface area contributed by atoms with Crippen LogP contribution in [0.4, 0.5) is 0 Å². The topological polar surface area (TPSA) is 54.9 Å². The van der Waals surface area contributed by atoms with E-state index in [0.717, 1.165) is 29.1 Å². The maximum Gasteiger partial charge on any atom is 0.223 e. The Bertz CT molecular complexity index is 548. The van der Waals surface area contributed by atoms with Crippen LogP contribution < -0.4 is 5.32 Å². The van der Waals surface area contributed by atoms with E-state index < -0.39 is 0 Å². The predicted octanol–water partition coefficient (Wildman–Crippen LogP) is 2.23. The molecule has 0 bridgehead atoms. The number of hydrogen-bond acceptors (Lipinski definition) is 4. The van der Waals surface area contributed by atoms with Crippen molar-refractivity contribution in [1.82, 2.24) is 15.3 Å². The summed E-state index contributed by atoms with van der Waals surface area (Å²) >= 11 is 1.56. The first-order valence-corrected chi connectivity index (χ1v) is 6.83. The van der Waals surface area contributed by atoms with E-state index in [-0.39, 0.29) is 11.8 Å². The highest BCUT2D eigenvalue weighted by molar-refractivity contribution is 7.09. The maximum absolute atomic E-state index is 11.5. The summed E-state index contributed by atoms with van der Waals surface area (Å²) in [6, 6.07) is 3.87. The number of amides is 1. The predicted molar refractivity (Wildman–Crippen MR) is 69.9 cm³/mol. The van der Waals surface area contributed by atoms with Gasteiger partial charge >= 0.3 is 0 Å². The normalized spacial score (nSPS) is 14.4. The van der Waals surface area contributed by atoms with Crippen LogP contribution in [0.1, 0.15) is 17.8 Å². The van der Waals surface area contributed by atoms with E-state index in [2.05, 4.69) is 15.3 Å². The minimum absolute atomic E-state index is 0.160. The molecule has 3 rings (SSSR count). The molecule has 0 saturated heterocycles. The Morgan fingerprint density at radius 3 is 3.11 bits per heavy atom. The van der Waals surface area contributed by atoms with Crippen molar-refractivity contribution >= 4 is 17.2 Å². The van der Waals surface area contributed by atoms with Crippen LogP contribution in [0.2, 0.25) is 0 Å². The number of nitrogens with zero attached hydrogens (tertiary/aromatic N) is 2. The van der Waals surface area contributed by atoms with Gasteiger partial charge < -0.3 is 5.32 Å². The summed E-state index contributed by atoms with van der Waals surface area (Å²) in [6.45, 7) is 0.528. The Kier molecular flexibility index (Phi) is 3.06. The SMILES string of the molecule is O=C(NCc1nc(-c2cccnc2)cs1)C1CC1. The van der Waals surface area contributed by atoms with Crippen LogP contribution in [0.15, 0.2) is 29.9 Å². The number of aromatic nitrogens is 2. The maximum atomic E-state index is 11.5. The molecule has 1 amide bonds. The summed E-state index contributed by atoms with van der Waals surface area (Å²) in [4.78, 5) is 20.1. The zero-order valence-corrected chi connectivity index (χ0v) is 10.6. The molecule has 0 spiro atoms. The number of carbonyl (C=O) groups excluding carboxylic acids is 1. The zero-order chi connectivity index (χ0) is 12.4. The molecule has 1 fully saturated rings. The Balaban J connectivity index is 1.64. The molecule has 4 nitrogen and oxygen atoms in total. The Morgan fingerprint density at radius 1 is 1.50 bits per heavy atom. The van der Waals surface area contributed by atoms with Crippen LogP contribution in [0.25, 0.3) is 11.3 Å². The summed E-state index contributed by atoms with van der Waals surface area (Å²) in [6.07, 6.45) is 5.60. The molecule has 0 unspecified atom stereocenters. The summed E-state index contributed by atoms with van der Waals surface area (Å²) in [5, 5.41) is 5.85. The van der Waals surface area contributed by atoms with Gasteiger partial charge in [-0.1, -0.05) is 0 Å². The summed E-state index contributed by atoms with van der Waals surface area (Å²) in [5.74, 6) is 0.413. The van der Waals surface area contributed by atoms with Crippen molar-refractivity contribution in [2.45, 2.75) is 19.4 Å². The van der Waals surface area contributed by atoms with Gasteiger partial charge in [0.25, 0.3) is 0 Å². The number of carbonyl (C=O) groups is 1. The van der Waals surface area contributed by atoms with Gasteiger partial charge in [0.2, 0.25) is 5.91 Å². The first-order valence-electron chi connectivity index (χ1n) is 5.95. The standard InChI is InChI=1S/C13H13N3OS/c17-13(9-3-4-9)15-7-12-16-11(8-18-12)10-2-1-5-14-6-10/h1-2,5-6,8-9H,3-4,7H2,(H,15,17). The third kappa shape index (κ3) is 2.56. The number of thiazole rings is 1. The van der Waals surface area contributed by atoms with Crippen molar-refractivity contribution in [3.8, 4) is 11.3 Å². The van der Waals surface area contributed by atoms with E-state index in [1.807, 2.05) is 17.5 Å². The summed E-state index contributed by atoms with van der Waals surface area (Å²) in [5.41, 5.74) is 1.93. The largest absolute Gasteiger partial charge is 0.349 e. The first-order chi connectivity index (χ1) is 8.83. The molecule has 5 heteroatoms. The van der Waals surface area contributed by atoms with Gasteiger partial charge in [0, 0.05) is 29.3 Å². The third-order valence-electron chi connectivity index (χ3n) is 2.87. The molecule has 0 aromatic carbocycles. The second kappa shape index (κ2) is 4.86. The van der Waals surface area contributed by atoms with Crippen molar-refractivity contribution in [1.29, 1.82) is 0 Å². The molecule has 2 aromatic rings. The molecule has 0 atom stereocenters. The van der Waals surface area contributed by atoms with Crippen LogP contribution in [-0.2, 0) is 11.3 Å². The molecular formula is C13H13N3OS. The lowest BCUT2D eigenvalue weighted by Gasteiger charge is -2.00. The van der Waals surface area contributed by atoms with Gasteiger partial charge in [0.05, 0.1) is 12.2 Å². The van der Waals surface area contributed by atoms with E-state index in [1.54, 1.807) is 23.7 Å². The average Bonchev–Trinajstić information content (AvgIpc) is 3.16. The Hall–Kier alpha value is -1.75. The molecule has 1 aliphatic carbocycles. The van der Waals surface area contributed by atoms with Crippen LogP contribution in [-0.4, -0.2) is 15.9 Å². The number of pyridine rings is 1. The number of hydrogen-bond donors (Lipinski definition) is 1. The van der Waals surface area contributed by atoms with Crippen molar-refractivity contribution in [3.05, 3.63) is 34.9 Å². The van der Waals surface area contributed by atoms with E-state index in [1.165, 1.54) is 0 Å². The molecule has 1 saturated carbocycles. The third-order valence-corrected chi connectivity index (χ3v) is 3.72. The van der Waals surface area contributed by atoms with Crippen LogP contribution in [0.5, 0.6) is 0 Å². The zero-order valence-electron chi connectivity index (χ0n) is 9.80. The van der Waals surface area contributed by atoms with Crippen LogP contribution in [0, 0.1) is 5.92 Å². The summed E-state index contributed by atoms with van der Waals surface area (Å²) in [7, 11) is 0. The van der Waals surface area contributed by atoms with Crippen molar-refractivity contribution in [2.24, 2.45) is 5.92 Å². The molecule has 92 valence electrons. The van der Waals surface area contributed by atoms with Crippen LogP contribution in [0.3, 0.4) is 0 Å². The molecule has 1 aliphatic rings. The molecule has 2 aromatic heterocycles. The first kappa shape index (κ1) is 11.3. The second-order valence-electron chi connectivity index (χ2n) is 4.36. The van der Waals surface area contributed by atoms with Gasteiger partial charge in [0.1, 0.15) is 5.01 Å². The highest BCUT2D eigenvalue weighted by atomic mass is 32.1. The fourth-order valence-electron chi connectivity index (χ4n) is 1.69. The Morgan fingerprint density at radius 2 is 2.39 bits per heavy atom. The molecule has 0 aliphatic heterocycles. The van der Waals surface area contributed by atoms with Crippen molar-refractivity contribution in [3.63, 3.8) is 0 Å². The molecule has 0 radical (unpaired) electrons. The lowest BCUT2D eigenvalue weighted by Crippen LogP contribution is -2.23. The van der Waals surface area contributed by atoms with E-state index in [4.69, 9.17) is 0 Å². The molecular weight excluding hydrogens is 246 g/mol. The molecule has 2 heterocycles. The van der Waals surface area contributed by atoms with E-state index in [9.17, 15) is 4.79 Å². The van der Waals surface area contributed by atoms with Crippen molar-refractivity contribution in [2.75, 3.05) is 0 Å². The highest BCUT2D eigenvalue weighted by Crippen LogP contribution is 2.29. The van der Waals surface area contributed by atoms with Gasteiger partial charge in [-0.3, -0.25) is 9.78 Å². The average molecular weight is 259 g/mol. The monoisotopic (exact) mass is 259 g/mol. The Labute approximate surface area is 109 Å². The quantitative estimate of drug-likeness (QED) is 0.916.